The van der Waals surface area contributed by atoms with Gasteiger partial charge < -0.3 is 4.74 Å². The fourth-order valence-electron chi connectivity index (χ4n) is 1.51. The van der Waals surface area contributed by atoms with Crippen molar-refractivity contribution in [3.8, 4) is 11.6 Å². The normalized spacial score (nSPS) is 11.5. The summed E-state index contributed by atoms with van der Waals surface area (Å²) in [6, 6.07) is 3.74. The van der Waals surface area contributed by atoms with Crippen LogP contribution in [0.25, 0.3) is 0 Å². The average molecular weight is 340 g/mol. The summed E-state index contributed by atoms with van der Waals surface area (Å²) >= 11 is 11.5. The highest BCUT2D eigenvalue weighted by Crippen LogP contribution is 2.35. The average Bonchev–Trinajstić information content (AvgIpc) is 2.41. The Hall–Kier alpha value is -1.53. The maximum atomic E-state index is 13.2. The minimum Gasteiger partial charge on any atom is -0.438 e. The molecule has 0 aliphatic rings. The molecule has 1 aromatic carbocycles. The summed E-state index contributed by atoms with van der Waals surface area (Å²) in [5.41, 5.74) is -0.794. The number of alkyl halides is 4. The third kappa shape index (κ3) is 3.77. The highest BCUT2D eigenvalue weighted by atomic mass is 35.5. The Morgan fingerprint density at radius 3 is 2.48 bits per heavy atom. The summed E-state index contributed by atoms with van der Waals surface area (Å²) < 4.78 is 56.1. The second kappa shape index (κ2) is 6.07. The smallest absolute Gasteiger partial charge is 0.419 e. The largest absolute Gasteiger partial charge is 0.438 e. The van der Waals surface area contributed by atoms with E-state index in [0.29, 0.717) is 17.7 Å². The van der Waals surface area contributed by atoms with Crippen LogP contribution in [0.4, 0.5) is 17.6 Å². The molecule has 112 valence electrons. The third-order valence-corrected chi connectivity index (χ3v) is 3.06. The molecule has 21 heavy (non-hydrogen) atoms. The lowest BCUT2D eigenvalue weighted by Gasteiger charge is -2.11. The Bertz CT molecular complexity index is 661. The molecule has 0 unspecified atom stereocenters. The molecule has 0 atom stereocenters. The Labute approximate surface area is 127 Å². The molecular weight excluding hydrogens is 333 g/mol. The van der Waals surface area contributed by atoms with Crippen molar-refractivity contribution in [3.05, 3.63) is 52.4 Å². The van der Waals surface area contributed by atoms with E-state index in [-0.39, 0.29) is 22.5 Å². The fraction of sp³-hybridized carbons (Fsp3) is 0.154. The first-order chi connectivity index (χ1) is 9.81. The highest BCUT2D eigenvalue weighted by molar-refractivity contribution is 6.32. The number of hydrogen-bond acceptors (Lipinski definition) is 2. The van der Waals surface area contributed by atoms with Crippen LogP contribution in [0.2, 0.25) is 5.02 Å². The molecule has 2 rings (SSSR count). The van der Waals surface area contributed by atoms with Crippen molar-refractivity contribution < 1.29 is 22.3 Å². The number of rotatable bonds is 3. The van der Waals surface area contributed by atoms with Gasteiger partial charge >= 0.3 is 6.18 Å². The topological polar surface area (TPSA) is 22.1 Å². The summed E-state index contributed by atoms with van der Waals surface area (Å²) in [7, 11) is 0. The van der Waals surface area contributed by atoms with Crippen LogP contribution in [0.15, 0.2) is 30.5 Å². The van der Waals surface area contributed by atoms with Gasteiger partial charge in [0.2, 0.25) is 5.88 Å². The van der Waals surface area contributed by atoms with E-state index in [1.165, 1.54) is 12.3 Å². The van der Waals surface area contributed by atoms with Gasteiger partial charge in [0.05, 0.1) is 5.56 Å². The van der Waals surface area contributed by atoms with Gasteiger partial charge in [-0.2, -0.15) is 13.2 Å². The monoisotopic (exact) mass is 339 g/mol. The summed E-state index contributed by atoms with van der Waals surface area (Å²) in [6.45, 7) is 0. The van der Waals surface area contributed by atoms with E-state index in [4.69, 9.17) is 27.9 Å². The molecule has 0 bridgehead atoms. The molecule has 0 aliphatic carbocycles. The third-order valence-electron chi connectivity index (χ3n) is 2.48. The van der Waals surface area contributed by atoms with Gasteiger partial charge in [-0.05, 0) is 29.8 Å². The van der Waals surface area contributed by atoms with Gasteiger partial charge in [-0.3, -0.25) is 0 Å². The Morgan fingerprint density at radius 2 is 1.90 bits per heavy atom. The van der Waals surface area contributed by atoms with E-state index in [9.17, 15) is 17.6 Å². The van der Waals surface area contributed by atoms with Gasteiger partial charge in [-0.15, -0.1) is 11.6 Å². The quantitative estimate of drug-likeness (QED) is 0.549. The van der Waals surface area contributed by atoms with Crippen LogP contribution in [-0.4, -0.2) is 4.98 Å². The van der Waals surface area contributed by atoms with E-state index >= 15 is 0 Å². The minimum absolute atomic E-state index is 0.0889. The fourth-order valence-corrected chi connectivity index (χ4v) is 1.88. The standard InChI is InChI=1S/C13H7Cl2F4NO/c14-5-7-3-10(15)12(20-6-7)21-8-1-2-11(16)9(4-8)13(17,18)19/h1-4,6H,5H2. The van der Waals surface area contributed by atoms with Gasteiger partial charge in [0.25, 0.3) is 0 Å². The van der Waals surface area contributed by atoms with Crippen molar-refractivity contribution in [1.82, 2.24) is 4.98 Å². The number of nitrogens with zero attached hydrogens (tertiary/aromatic N) is 1. The van der Waals surface area contributed by atoms with Crippen molar-refractivity contribution in [2.75, 3.05) is 0 Å². The summed E-state index contributed by atoms with van der Waals surface area (Å²) in [5, 5.41) is 0.0889. The Morgan fingerprint density at radius 1 is 1.19 bits per heavy atom. The molecule has 1 aromatic heterocycles. The lowest BCUT2D eigenvalue weighted by Crippen LogP contribution is -2.08. The van der Waals surface area contributed by atoms with Crippen LogP contribution in [0, 0.1) is 5.82 Å². The van der Waals surface area contributed by atoms with Crippen LogP contribution in [0.1, 0.15) is 11.1 Å². The van der Waals surface area contributed by atoms with E-state index in [2.05, 4.69) is 4.98 Å². The molecule has 8 heteroatoms. The number of halogens is 6. The van der Waals surface area contributed by atoms with Crippen molar-refractivity contribution >= 4 is 23.2 Å². The molecule has 2 aromatic rings. The first kappa shape index (κ1) is 15.9. The number of hydrogen-bond donors (Lipinski definition) is 0. The number of aromatic nitrogens is 1. The van der Waals surface area contributed by atoms with Crippen molar-refractivity contribution in [1.29, 1.82) is 0 Å². The van der Waals surface area contributed by atoms with E-state index in [0.717, 1.165) is 6.07 Å². The molecule has 0 radical (unpaired) electrons. The van der Waals surface area contributed by atoms with Gasteiger partial charge in [0.15, 0.2) is 0 Å². The van der Waals surface area contributed by atoms with Crippen molar-refractivity contribution in [2.45, 2.75) is 12.1 Å². The minimum atomic E-state index is -4.82. The SMILES string of the molecule is Fc1ccc(Oc2ncc(CCl)cc2Cl)cc1C(F)(F)F. The van der Waals surface area contributed by atoms with Gasteiger partial charge in [0, 0.05) is 12.1 Å². The van der Waals surface area contributed by atoms with Gasteiger partial charge in [-0.25, -0.2) is 9.37 Å². The van der Waals surface area contributed by atoms with Crippen molar-refractivity contribution in [3.63, 3.8) is 0 Å². The Balaban J connectivity index is 2.32. The molecule has 0 saturated carbocycles. The highest BCUT2D eigenvalue weighted by Gasteiger charge is 2.34. The molecular formula is C13H7Cl2F4NO. The Kier molecular flexibility index (Phi) is 4.58. The maximum absolute atomic E-state index is 13.2. The van der Waals surface area contributed by atoms with Gasteiger partial charge in [-0.1, -0.05) is 11.6 Å². The first-order valence-corrected chi connectivity index (χ1v) is 6.47. The van der Waals surface area contributed by atoms with Crippen LogP contribution in [0.3, 0.4) is 0 Å². The number of pyridine rings is 1. The van der Waals surface area contributed by atoms with Crippen molar-refractivity contribution in [2.24, 2.45) is 0 Å². The van der Waals surface area contributed by atoms with Crippen LogP contribution in [0.5, 0.6) is 11.6 Å². The molecule has 0 spiro atoms. The lowest BCUT2D eigenvalue weighted by molar-refractivity contribution is -0.140. The zero-order valence-corrected chi connectivity index (χ0v) is 11.7. The zero-order chi connectivity index (χ0) is 15.6. The number of ether oxygens (including phenoxy) is 1. The molecule has 0 fully saturated rings. The van der Waals surface area contributed by atoms with E-state index in [1.54, 1.807) is 0 Å². The molecule has 0 saturated heterocycles. The predicted octanol–water partition coefficient (Wildman–Crippen LogP) is 5.42. The summed E-state index contributed by atoms with van der Waals surface area (Å²) in [4.78, 5) is 3.85. The van der Waals surface area contributed by atoms with Crippen LogP contribution >= 0.6 is 23.2 Å². The van der Waals surface area contributed by atoms with Crippen LogP contribution < -0.4 is 4.74 Å². The molecule has 0 N–H and O–H groups in total. The summed E-state index contributed by atoms with van der Waals surface area (Å²) in [6.07, 6.45) is -3.44. The first-order valence-electron chi connectivity index (χ1n) is 5.56. The predicted molar refractivity (Wildman–Crippen MR) is 70.3 cm³/mol. The van der Waals surface area contributed by atoms with E-state index in [1.807, 2.05) is 0 Å². The summed E-state index contributed by atoms with van der Waals surface area (Å²) in [5.74, 6) is -1.52. The molecule has 0 aliphatic heterocycles. The lowest BCUT2D eigenvalue weighted by atomic mass is 10.2. The van der Waals surface area contributed by atoms with Gasteiger partial charge in [0.1, 0.15) is 16.6 Å². The van der Waals surface area contributed by atoms with Crippen LogP contribution in [-0.2, 0) is 12.1 Å². The maximum Gasteiger partial charge on any atom is 0.419 e. The molecule has 1 heterocycles. The molecule has 0 amide bonds. The van der Waals surface area contributed by atoms with E-state index < -0.39 is 17.6 Å². The zero-order valence-electron chi connectivity index (χ0n) is 10.2. The number of benzene rings is 1. The second-order valence-electron chi connectivity index (χ2n) is 4.01. The second-order valence-corrected chi connectivity index (χ2v) is 4.68. The molecule has 2 nitrogen and oxygen atoms in total.